The van der Waals surface area contributed by atoms with Crippen LogP contribution in [0, 0.1) is 6.92 Å². The Hall–Kier alpha value is -3.86. The maximum atomic E-state index is 14.6. The molecule has 36 heavy (non-hydrogen) atoms. The smallest absolute Gasteiger partial charge is 0.441 e. The summed E-state index contributed by atoms with van der Waals surface area (Å²) in [7, 11) is 0.764. The summed E-state index contributed by atoms with van der Waals surface area (Å²) in [6.45, 7) is 3.09. The number of ether oxygens (including phenoxy) is 2. The second-order valence-electron chi connectivity index (χ2n) is 7.53. The van der Waals surface area contributed by atoms with Crippen molar-refractivity contribution < 1.29 is 37.0 Å². The number of amides is 1. The topological polar surface area (TPSA) is 93.7 Å². The lowest BCUT2D eigenvalue weighted by Gasteiger charge is -2.34. The fourth-order valence-electron chi connectivity index (χ4n) is 3.46. The molecule has 0 aliphatic carbocycles. The monoisotopic (exact) mass is 520 g/mol. The van der Waals surface area contributed by atoms with E-state index in [1.165, 1.54) is 24.3 Å². The van der Waals surface area contributed by atoms with Crippen LogP contribution in [0.2, 0.25) is 0 Å². The van der Waals surface area contributed by atoms with E-state index in [0.29, 0.717) is 16.0 Å². The van der Waals surface area contributed by atoms with E-state index in [2.05, 4.69) is 10.1 Å². The zero-order valence-corrected chi connectivity index (χ0v) is 20.4. The molecule has 3 rings (SSSR count). The first-order valence-corrected chi connectivity index (χ1v) is 11.5. The van der Waals surface area contributed by atoms with E-state index in [-0.39, 0.29) is 22.7 Å². The van der Waals surface area contributed by atoms with Crippen LogP contribution in [0.15, 0.2) is 60.7 Å². The molecule has 0 spiro atoms. The highest BCUT2D eigenvalue weighted by Crippen LogP contribution is 2.43. The van der Waals surface area contributed by atoms with Crippen molar-refractivity contribution in [2.75, 3.05) is 19.0 Å². The number of benzene rings is 2. The Bertz CT molecular complexity index is 1250. The van der Waals surface area contributed by atoms with Gasteiger partial charge in [0, 0.05) is 10.4 Å². The van der Waals surface area contributed by atoms with Crippen LogP contribution in [-0.4, -0.2) is 43.4 Å². The highest BCUT2D eigenvalue weighted by Gasteiger charge is 2.64. The third-order valence-electron chi connectivity index (χ3n) is 5.22. The first-order valence-electron chi connectivity index (χ1n) is 10.7. The Balaban J connectivity index is 2.20. The zero-order chi connectivity index (χ0) is 26.5. The summed E-state index contributed by atoms with van der Waals surface area (Å²) in [5, 5.41) is 3.55. The number of alkyl halides is 3. The SMILES string of the molecule is CCOC(=O)c1c(NC(NC(=O)c2ccccc2)(C(=O)OC)C(F)(F)F)sc(-c2ccccc2)c1C. The van der Waals surface area contributed by atoms with Gasteiger partial charge in [-0.25, -0.2) is 9.59 Å². The average Bonchev–Trinajstić information content (AvgIpc) is 3.18. The quantitative estimate of drug-likeness (QED) is 0.314. The number of anilines is 1. The van der Waals surface area contributed by atoms with E-state index >= 15 is 0 Å². The van der Waals surface area contributed by atoms with Crippen LogP contribution >= 0.6 is 11.3 Å². The van der Waals surface area contributed by atoms with Gasteiger partial charge in [0.15, 0.2) is 0 Å². The minimum Gasteiger partial charge on any atom is -0.466 e. The van der Waals surface area contributed by atoms with Gasteiger partial charge in [-0.3, -0.25) is 4.79 Å². The number of halogens is 3. The fourth-order valence-corrected chi connectivity index (χ4v) is 4.72. The maximum absolute atomic E-state index is 14.6. The molecule has 1 atom stereocenters. The van der Waals surface area contributed by atoms with Crippen LogP contribution < -0.4 is 10.6 Å². The molecule has 7 nitrogen and oxygen atoms in total. The van der Waals surface area contributed by atoms with Gasteiger partial charge in [0.1, 0.15) is 5.00 Å². The molecule has 0 saturated heterocycles. The van der Waals surface area contributed by atoms with Gasteiger partial charge in [-0.05, 0) is 37.1 Å². The van der Waals surface area contributed by atoms with Crippen LogP contribution in [0.1, 0.15) is 33.2 Å². The Morgan fingerprint density at radius 3 is 2.08 bits per heavy atom. The summed E-state index contributed by atoms with van der Waals surface area (Å²) >= 11 is 0.816. The van der Waals surface area contributed by atoms with Gasteiger partial charge in [-0.15, -0.1) is 11.3 Å². The minimum atomic E-state index is -5.37. The van der Waals surface area contributed by atoms with Crippen molar-refractivity contribution in [1.82, 2.24) is 5.32 Å². The minimum absolute atomic E-state index is 0.0274. The number of carbonyl (C=O) groups is 3. The summed E-state index contributed by atoms with van der Waals surface area (Å²) in [6.07, 6.45) is -5.37. The summed E-state index contributed by atoms with van der Waals surface area (Å²) in [4.78, 5) is 38.8. The molecule has 0 bridgehead atoms. The largest absolute Gasteiger partial charge is 0.466 e. The number of hydrogen-bond donors (Lipinski definition) is 2. The summed E-state index contributed by atoms with van der Waals surface area (Å²) in [6, 6.07) is 15.8. The van der Waals surface area contributed by atoms with Crippen molar-refractivity contribution in [1.29, 1.82) is 0 Å². The molecule has 11 heteroatoms. The molecule has 0 fully saturated rings. The van der Waals surface area contributed by atoms with E-state index in [4.69, 9.17) is 4.74 Å². The molecule has 1 heterocycles. The molecular formula is C25H23F3N2O5S. The Morgan fingerprint density at radius 1 is 0.972 bits per heavy atom. The van der Waals surface area contributed by atoms with Crippen LogP contribution in [0.5, 0.6) is 0 Å². The van der Waals surface area contributed by atoms with Crippen molar-refractivity contribution in [3.05, 3.63) is 77.4 Å². The normalized spacial score (nSPS) is 12.8. The number of methoxy groups -OCH3 is 1. The second kappa shape index (κ2) is 10.8. The zero-order valence-electron chi connectivity index (χ0n) is 19.6. The van der Waals surface area contributed by atoms with Gasteiger partial charge in [0.2, 0.25) is 0 Å². The van der Waals surface area contributed by atoms with Crippen LogP contribution in [0.25, 0.3) is 10.4 Å². The van der Waals surface area contributed by atoms with Gasteiger partial charge in [-0.2, -0.15) is 13.2 Å². The average molecular weight is 521 g/mol. The molecule has 3 aromatic rings. The van der Waals surface area contributed by atoms with E-state index < -0.39 is 29.7 Å². The molecule has 190 valence electrons. The first kappa shape index (κ1) is 26.7. The summed E-state index contributed by atoms with van der Waals surface area (Å²) < 4.78 is 53.3. The van der Waals surface area contributed by atoms with Gasteiger partial charge >= 0.3 is 23.8 Å². The molecular weight excluding hydrogens is 497 g/mol. The summed E-state index contributed by atoms with van der Waals surface area (Å²) in [5.74, 6) is -3.88. The number of nitrogens with one attached hydrogen (secondary N) is 2. The number of hydrogen-bond acceptors (Lipinski definition) is 7. The molecule has 1 amide bonds. The standard InChI is InChI=1S/C25H23F3N2O5S/c1-4-35-22(32)18-15(2)19(16-11-7-5-8-12-16)36-21(18)30-24(23(33)34-3,25(26,27)28)29-20(31)17-13-9-6-10-14-17/h5-14,30H,4H2,1-3H3,(H,29,31). The lowest BCUT2D eigenvalue weighted by atomic mass is 10.1. The van der Waals surface area contributed by atoms with Gasteiger partial charge in [0.25, 0.3) is 5.91 Å². The van der Waals surface area contributed by atoms with Crippen LogP contribution in [0.4, 0.5) is 18.2 Å². The molecule has 0 saturated carbocycles. The number of thiophene rings is 1. The Kier molecular flexibility index (Phi) is 8.03. The van der Waals surface area contributed by atoms with E-state index in [1.54, 1.807) is 55.6 Å². The summed E-state index contributed by atoms with van der Waals surface area (Å²) in [5.41, 5.74) is -3.02. The molecule has 2 aromatic carbocycles. The van der Waals surface area contributed by atoms with Crippen molar-refractivity contribution in [3.63, 3.8) is 0 Å². The van der Waals surface area contributed by atoms with E-state index in [0.717, 1.165) is 18.4 Å². The number of carbonyl (C=O) groups excluding carboxylic acids is 3. The second-order valence-corrected chi connectivity index (χ2v) is 8.55. The van der Waals surface area contributed by atoms with Gasteiger partial charge in [0.05, 0.1) is 19.3 Å². The van der Waals surface area contributed by atoms with Crippen molar-refractivity contribution in [2.45, 2.75) is 25.7 Å². The molecule has 1 aromatic heterocycles. The number of esters is 2. The highest BCUT2D eigenvalue weighted by atomic mass is 32.1. The number of rotatable bonds is 8. The molecule has 0 aliphatic heterocycles. The first-order chi connectivity index (χ1) is 17.1. The van der Waals surface area contributed by atoms with Crippen molar-refractivity contribution in [2.24, 2.45) is 0 Å². The van der Waals surface area contributed by atoms with E-state index in [9.17, 15) is 27.6 Å². The lowest BCUT2D eigenvalue weighted by Crippen LogP contribution is -2.69. The molecule has 2 N–H and O–H groups in total. The maximum Gasteiger partial charge on any atom is 0.441 e. The van der Waals surface area contributed by atoms with Crippen LogP contribution in [0.3, 0.4) is 0 Å². The Morgan fingerprint density at radius 2 is 1.56 bits per heavy atom. The van der Waals surface area contributed by atoms with Gasteiger partial charge in [-0.1, -0.05) is 48.5 Å². The molecule has 1 unspecified atom stereocenters. The predicted octanol–water partition coefficient (Wildman–Crippen LogP) is 5.17. The molecule has 0 aliphatic rings. The third kappa shape index (κ3) is 5.20. The highest BCUT2D eigenvalue weighted by molar-refractivity contribution is 7.20. The van der Waals surface area contributed by atoms with Crippen molar-refractivity contribution >= 4 is 34.2 Å². The van der Waals surface area contributed by atoms with Gasteiger partial charge < -0.3 is 20.1 Å². The lowest BCUT2D eigenvalue weighted by molar-refractivity contribution is -0.203. The predicted molar refractivity (Wildman–Crippen MR) is 129 cm³/mol. The third-order valence-corrected chi connectivity index (χ3v) is 6.47. The van der Waals surface area contributed by atoms with Crippen LogP contribution in [-0.2, 0) is 14.3 Å². The fraction of sp³-hybridized carbons (Fsp3) is 0.240. The van der Waals surface area contributed by atoms with Crippen molar-refractivity contribution in [3.8, 4) is 10.4 Å². The van der Waals surface area contributed by atoms with E-state index in [1.807, 2.05) is 0 Å². The Labute approximate surface area is 209 Å². The molecule has 0 radical (unpaired) electrons.